The lowest BCUT2D eigenvalue weighted by molar-refractivity contribution is 0.128. The number of aliphatic hydroxyl groups excluding tert-OH is 1. The molecule has 24 heavy (non-hydrogen) atoms. The van der Waals surface area contributed by atoms with E-state index in [-0.39, 0.29) is 12.6 Å². The molecule has 1 atom stereocenters. The van der Waals surface area contributed by atoms with E-state index in [0.29, 0.717) is 30.6 Å². The van der Waals surface area contributed by atoms with E-state index in [1.54, 1.807) is 0 Å². The summed E-state index contributed by atoms with van der Waals surface area (Å²) in [5, 5.41) is 19.9. The number of aliphatic hydroxyl groups is 1. The molecule has 2 heterocycles. The molecular formula is C16H18N6O2. The first-order chi connectivity index (χ1) is 11.8. The Morgan fingerprint density at radius 2 is 2.25 bits per heavy atom. The van der Waals surface area contributed by atoms with E-state index in [0.717, 1.165) is 12.8 Å². The fourth-order valence-electron chi connectivity index (χ4n) is 3.29. The molecule has 1 aromatic carbocycles. The van der Waals surface area contributed by atoms with Crippen LogP contribution < -0.4 is 0 Å². The number of fused-ring (bicyclic) bond motifs is 1. The summed E-state index contributed by atoms with van der Waals surface area (Å²) in [6.07, 6.45) is 3.48. The first kappa shape index (κ1) is 15.0. The molecule has 1 unspecified atom stereocenters. The molecule has 0 amide bonds. The molecule has 2 N–H and O–H groups in total. The average Bonchev–Trinajstić information content (AvgIpc) is 3.34. The van der Waals surface area contributed by atoms with E-state index in [4.69, 9.17) is 4.52 Å². The van der Waals surface area contributed by atoms with Crippen molar-refractivity contribution >= 4 is 0 Å². The molecule has 8 nitrogen and oxygen atoms in total. The minimum atomic E-state index is 0.0851. The van der Waals surface area contributed by atoms with Gasteiger partial charge in [-0.1, -0.05) is 29.4 Å². The van der Waals surface area contributed by atoms with Crippen LogP contribution in [0.4, 0.5) is 0 Å². The molecule has 0 saturated carbocycles. The van der Waals surface area contributed by atoms with E-state index in [9.17, 15) is 5.11 Å². The summed E-state index contributed by atoms with van der Waals surface area (Å²) < 4.78 is 5.34. The number of aromatic nitrogens is 5. The van der Waals surface area contributed by atoms with Crippen LogP contribution in [0.1, 0.15) is 29.5 Å². The van der Waals surface area contributed by atoms with Crippen LogP contribution in [0, 0.1) is 0 Å². The van der Waals surface area contributed by atoms with Gasteiger partial charge in [0.15, 0.2) is 5.82 Å². The predicted octanol–water partition coefficient (Wildman–Crippen LogP) is 1.34. The summed E-state index contributed by atoms with van der Waals surface area (Å²) in [5.74, 6) is 1.36. The van der Waals surface area contributed by atoms with Crippen molar-refractivity contribution in [2.45, 2.75) is 25.4 Å². The Balaban J connectivity index is 1.54. The highest BCUT2D eigenvalue weighted by Gasteiger charge is 2.28. The topological polar surface area (TPSA) is 104 Å². The number of nitrogens with one attached hydrogen (secondary N) is 1. The minimum Gasteiger partial charge on any atom is -0.395 e. The lowest BCUT2D eigenvalue weighted by Crippen LogP contribution is -2.30. The number of nitrogens with zero attached hydrogens (tertiary/aromatic N) is 5. The SMILES string of the molecule is OCCN(Cc1nc(-c2ncn[nH]2)no1)C1CCc2ccccc21. The van der Waals surface area contributed by atoms with Crippen LogP contribution in [0.3, 0.4) is 0 Å². The van der Waals surface area contributed by atoms with E-state index in [1.807, 2.05) is 0 Å². The highest BCUT2D eigenvalue weighted by atomic mass is 16.5. The van der Waals surface area contributed by atoms with Gasteiger partial charge >= 0.3 is 0 Å². The van der Waals surface area contributed by atoms with Crippen LogP contribution in [0.5, 0.6) is 0 Å². The number of hydrogen-bond acceptors (Lipinski definition) is 7. The second kappa shape index (κ2) is 6.50. The Hall–Kier alpha value is -2.58. The number of rotatable bonds is 6. The third kappa shape index (κ3) is 2.81. The normalized spacial score (nSPS) is 16.7. The third-order valence-corrected chi connectivity index (χ3v) is 4.36. The maximum Gasteiger partial charge on any atom is 0.241 e. The number of benzene rings is 1. The zero-order chi connectivity index (χ0) is 16.4. The summed E-state index contributed by atoms with van der Waals surface area (Å²) in [5.41, 5.74) is 2.69. The molecule has 0 radical (unpaired) electrons. The third-order valence-electron chi connectivity index (χ3n) is 4.36. The van der Waals surface area contributed by atoms with Crippen LogP contribution in [0.2, 0.25) is 0 Å². The Morgan fingerprint density at radius 1 is 1.33 bits per heavy atom. The fourth-order valence-corrected chi connectivity index (χ4v) is 3.29. The lowest BCUT2D eigenvalue weighted by Gasteiger charge is -2.27. The van der Waals surface area contributed by atoms with Crippen molar-refractivity contribution in [1.29, 1.82) is 0 Å². The highest BCUT2D eigenvalue weighted by Crippen LogP contribution is 2.36. The van der Waals surface area contributed by atoms with Crippen molar-refractivity contribution in [1.82, 2.24) is 30.2 Å². The quantitative estimate of drug-likeness (QED) is 0.704. The highest BCUT2D eigenvalue weighted by molar-refractivity contribution is 5.39. The molecule has 8 heteroatoms. The Bertz CT molecular complexity index is 801. The van der Waals surface area contributed by atoms with Gasteiger partial charge in [0.2, 0.25) is 11.7 Å². The van der Waals surface area contributed by atoms with Crippen molar-refractivity contribution in [2.24, 2.45) is 0 Å². The lowest BCUT2D eigenvalue weighted by atomic mass is 10.1. The second-order valence-corrected chi connectivity index (χ2v) is 5.79. The van der Waals surface area contributed by atoms with E-state index < -0.39 is 0 Å². The molecule has 2 aromatic heterocycles. The van der Waals surface area contributed by atoms with Crippen LogP contribution in [-0.4, -0.2) is 48.5 Å². The van der Waals surface area contributed by atoms with E-state index in [2.05, 4.69) is 54.5 Å². The van der Waals surface area contributed by atoms with E-state index in [1.165, 1.54) is 17.5 Å². The minimum absolute atomic E-state index is 0.0851. The van der Waals surface area contributed by atoms with Gasteiger partial charge in [-0.15, -0.1) is 0 Å². The zero-order valence-electron chi connectivity index (χ0n) is 13.1. The maximum absolute atomic E-state index is 9.45. The van der Waals surface area contributed by atoms with Crippen LogP contribution in [-0.2, 0) is 13.0 Å². The molecule has 0 fully saturated rings. The van der Waals surface area contributed by atoms with Crippen molar-refractivity contribution in [3.63, 3.8) is 0 Å². The van der Waals surface area contributed by atoms with Gasteiger partial charge in [-0.3, -0.25) is 10.00 Å². The van der Waals surface area contributed by atoms with Crippen LogP contribution in [0.25, 0.3) is 11.6 Å². The van der Waals surface area contributed by atoms with Gasteiger partial charge in [0.1, 0.15) is 6.33 Å². The first-order valence-corrected chi connectivity index (χ1v) is 7.96. The molecule has 3 aromatic rings. The Kier molecular flexibility index (Phi) is 4.06. The van der Waals surface area contributed by atoms with Gasteiger partial charge in [0.25, 0.3) is 0 Å². The predicted molar refractivity (Wildman–Crippen MR) is 84.7 cm³/mol. The molecule has 4 rings (SSSR count). The van der Waals surface area contributed by atoms with Crippen LogP contribution >= 0.6 is 0 Å². The van der Waals surface area contributed by atoms with Crippen molar-refractivity contribution in [3.05, 3.63) is 47.6 Å². The Labute approximate surface area is 138 Å². The fraction of sp³-hybridized carbons (Fsp3) is 0.375. The number of aromatic amines is 1. The monoisotopic (exact) mass is 326 g/mol. The van der Waals surface area contributed by atoms with Gasteiger partial charge in [-0.05, 0) is 24.0 Å². The molecule has 0 saturated heterocycles. The molecule has 0 aliphatic heterocycles. The summed E-state index contributed by atoms with van der Waals surface area (Å²) in [6.45, 7) is 1.13. The molecular weight excluding hydrogens is 308 g/mol. The van der Waals surface area contributed by atoms with Gasteiger partial charge in [-0.2, -0.15) is 10.1 Å². The van der Waals surface area contributed by atoms with E-state index >= 15 is 0 Å². The molecule has 0 bridgehead atoms. The average molecular weight is 326 g/mol. The summed E-state index contributed by atoms with van der Waals surface area (Å²) in [6, 6.07) is 8.71. The smallest absolute Gasteiger partial charge is 0.241 e. The number of hydrogen-bond donors (Lipinski definition) is 2. The van der Waals surface area contributed by atoms with Gasteiger partial charge < -0.3 is 9.63 Å². The van der Waals surface area contributed by atoms with Crippen molar-refractivity contribution in [3.8, 4) is 11.6 Å². The standard InChI is InChI=1S/C16H18N6O2/c23-8-7-22(13-6-5-11-3-1-2-4-12(11)13)9-14-19-16(21-24-14)15-17-10-18-20-15/h1-4,10,13,23H,5-9H2,(H,17,18,20). The molecule has 1 aliphatic rings. The molecule has 124 valence electrons. The van der Waals surface area contributed by atoms with Gasteiger partial charge in [0.05, 0.1) is 13.2 Å². The zero-order valence-corrected chi connectivity index (χ0v) is 13.1. The van der Waals surface area contributed by atoms with Gasteiger partial charge in [-0.25, -0.2) is 4.98 Å². The van der Waals surface area contributed by atoms with Crippen molar-refractivity contribution in [2.75, 3.05) is 13.2 Å². The summed E-state index contributed by atoms with van der Waals surface area (Å²) >= 11 is 0. The Morgan fingerprint density at radius 3 is 3.08 bits per heavy atom. The van der Waals surface area contributed by atoms with Crippen LogP contribution in [0.15, 0.2) is 35.1 Å². The first-order valence-electron chi connectivity index (χ1n) is 7.96. The molecule has 1 aliphatic carbocycles. The molecule has 0 spiro atoms. The maximum atomic E-state index is 9.45. The number of H-pyrrole nitrogens is 1. The van der Waals surface area contributed by atoms with Crippen molar-refractivity contribution < 1.29 is 9.63 Å². The summed E-state index contributed by atoms with van der Waals surface area (Å²) in [7, 11) is 0. The largest absolute Gasteiger partial charge is 0.395 e. The summed E-state index contributed by atoms with van der Waals surface area (Å²) in [4.78, 5) is 10.6. The number of aryl methyl sites for hydroxylation is 1. The van der Waals surface area contributed by atoms with Gasteiger partial charge in [0, 0.05) is 12.6 Å². The second-order valence-electron chi connectivity index (χ2n) is 5.79.